The number of aromatic nitrogens is 2. The Labute approximate surface area is 174 Å². The molecule has 0 fully saturated rings. The van der Waals surface area contributed by atoms with E-state index in [1.54, 1.807) is 30.3 Å². The maximum atomic E-state index is 13.7. The van der Waals surface area contributed by atoms with Crippen LogP contribution in [0.2, 0.25) is 0 Å². The predicted molar refractivity (Wildman–Crippen MR) is 112 cm³/mol. The molecule has 3 rings (SSSR count). The highest BCUT2D eigenvalue weighted by Crippen LogP contribution is 2.25. The van der Waals surface area contributed by atoms with Crippen LogP contribution in [0.5, 0.6) is 0 Å². The molecule has 0 saturated carbocycles. The van der Waals surface area contributed by atoms with E-state index in [-0.39, 0.29) is 24.6 Å². The summed E-state index contributed by atoms with van der Waals surface area (Å²) in [5.41, 5.74) is 3.54. The van der Waals surface area contributed by atoms with E-state index >= 15 is 0 Å². The van der Waals surface area contributed by atoms with Crippen LogP contribution in [0.15, 0.2) is 58.1 Å². The normalized spacial score (nSPS) is 10.6. The molecule has 3 aromatic rings. The van der Waals surface area contributed by atoms with Crippen LogP contribution < -0.4 is 21.9 Å². The largest absolute Gasteiger partial charge is 0.383 e. The van der Waals surface area contributed by atoms with Gasteiger partial charge in [-0.25, -0.2) is 9.18 Å². The number of nitrogens with two attached hydrogens (primary N) is 1. The molecule has 2 aromatic carbocycles. The van der Waals surface area contributed by atoms with Crippen LogP contribution in [0.3, 0.4) is 0 Å². The molecule has 1 heterocycles. The maximum Gasteiger partial charge on any atom is 0.330 e. The number of nitrogens with zero attached hydrogens (tertiary/aromatic N) is 3. The zero-order valence-electron chi connectivity index (χ0n) is 16.4. The molecule has 160 valence electrons. The van der Waals surface area contributed by atoms with Crippen molar-refractivity contribution in [1.29, 1.82) is 0 Å². The minimum atomic E-state index is -1.00. The number of benzene rings is 2. The zero-order chi connectivity index (χ0) is 22.7. The molecule has 0 atom stereocenters. The summed E-state index contributed by atoms with van der Waals surface area (Å²) in [5.74, 6) is -2.16. The minimum absolute atomic E-state index is 0.0150. The molecule has 0 aliphatic heterocycles. The third kappa shape index (κ3) is 4.20. The number of rotatable bonds is 6. The summed E-state index contributed by atoms with van der Waals surface area (Å²) < 4.78 is 14.8. The fourth-order valence-electron chi connectivity index (χ4n) is 3.15. The Bertz CT molecular complexity index is 1270. The zero-order valence-corrected chi connectivity index (χ0v) is 16.4. The standard InChI is InChI=1S/C20H18FN5O5/c1-2-24(19(28)14-10-13(21)8-9-15(14)26(30)31)16-17(22)25(20(29)23-18(16)27)11-12-6-4-3-5-7-12/h3-10H,2,11,22H2,1H3,(H,23,27,29). The Balaban J connectivity index is 2.15. The fourth-order valence-corrected chi connectivity index (χ4v) is 3.15. The summed E-state index contributed by atoms with van der Waals surface area (Å²) in [6, 6.07) is 11.2. The number of nitrogen functional groups attached to an aromatic ring is 1. The molecule has 0 spiro atoms. The first kappa shape index (κ1) is 21.4. The third-order valence-electron chi connectivity index (χ3n) is 4.61. The van der Waals surface area contributed by atoms with Crippen LogP contribution in [-0.2, 0) is 6.54 Å². The van der Waals surface area contributed by atoms with Crippen LogP contribution in [0, 0.1) is 15.9 Å². The second kappa shape index (κ2) is 8.61. The summed E-state index contributed by atoms with van der Waals surface area (Å²) in [4.78, 5) is 51.4. The van der Waals surface area contributed by atoms with Crippen LogP contribution in [0.25, 0.3) is 0 Å². The van der Waals surface area contributed by atoms with E-state index in [1.165, 1.54) is 6.92 Å². The van der Waals surface area contributed by atoms with E-state index in [2.05, 4.69) is 4.98 Å². The Morgan fingerprint density at radius 1 is 1.23 bits per heavy atom. The first-order valence-electron chi connectivity index (χ1n) is 9.17. The van der Waals surface area contributed by atoms with Crippen molar-refractivity contribution in [3.8, 4) is 0 Å². The molecule has 3 N–H and O–H groups in total. The lowest BCUT2D eigenvalue weighted by Crippen LogP contribution is -2.41. The van der Waals surface area contributed by atoms with Gasteiger partial charge in [0.25, 0.3) is 17.2 Å². The van der Waals surface area contributed by atoms with Gasteiger partial charge in [0, 0.05) is 12.6 Å². The molecule has 0 radical (unpaired) electrons. The molecule has 1 amide bonds. The third-order valence-corrected chi connectivity index (χ3v) is 4.61. The van der Waals surface area contributed by atoms with Gasteiger partial charge in [-0.05, 0) is 24.6 Å². The topological polar surface area (TPSA) is 144 Å². The van der Waals surface area contributed by atoms with E-state index in [0.717, 1.165) is 21.6 Å². The molecule has 11 heteroatoms. The Kier molecular flexibility index (Phi) is 5.95. The summed E-state index contributed by atoms with van der Waals surface area (Å²) >= 11 is 0. The lowest BCUT2D eigenvalue weighted by atomic mass is 10.1. The van der Waals surface area contributed by atoms with Gasteiger partial charge < -0.3 is 10.6 Å². The predicted octanol–water partition coefficient (Wildman–Crippen LogP) is 1.88. The average molecular weight is 427 g/mol. The van der Waals surface area contributed by atoms with Gasteiger partial charge in [0.05, 0.1) is 11.5 Å². The Morgan fingerprint density at radius 3 is 2.52 bits per heavy atom. The highest BCUT2D eigenvalue weighted by molar-refractivity contribution is 6.09. The number of nitro benzene ring substituents is 1. The van der Waals surface area contributed by atoms with Crippen LogP contribution in [0.4, 0.5) is 21.6 Å². The number of halogens is 1. The number of anilines is 2. The summed E-state index contributed by atoms with van der Waals surface area (Å²) in [7, 11) is 0. The van der Waals surface area contributed by atoms with Crippen LogP contribution >= 0.6 is 0 Å². The molecule has 0 saturated heterocycles. The van der Waals surface area contributed by atoms with E-state index < -0.39 is 39.1 Å². The van der Waals surface area contributed by atoms with Crippen molar-refractivity contribution in [3.05, 3.63) is 96.4 Å². The highest BCUT2D eigenvalue weighted by Gasteiger charge is 2.29. The van der Waals surface area contributed by atoms with Crippen LogP contribution in [-0.4, -0.2) is 26.9 Å². The molecule has 1 aromatic heterocycles. The molecule has 0 aliphatic carbocycles. The second-order valence-electron chi connectivity index (χ2n) is 6.53. The van der Waals surface area contributed by atoms with Gasteiger partial charge in [-0.2, -0.15) is 0 Å². The lowest BCUT2D eigenvalue weighted by molar-refractivity contribution is -0.385. The molecule has 0 bridgehead atoms. The van der Waals surface area contributed by atoms with E-state index in [9.17, 15) is 28.9 Å². The molecule has 31 heavy (non-hydrogen) atoms. The molecular formula is C20H18FN5O5. The first-order valence-corrected chi connectivity index (χ1v) is 9.17. The van der Waals surface area contributed by atoms with E-state index in [0.29, 0.717) is 11.6 Å². The smallest absolute Gasteiger partial charge is 0.330 e. The van der Waals surface area contributed by atoms with E-state index in [1.807, 2.05) is 0 Å². The van der Waals surface area contributed by atoms with E-state index in [4.69, 9.17) is 5.73 Å². The van der Waals surface area contributed by atoms with Crippen molar-refractivity contribution in [2.75, 3.05) is 17.2 Å². The number of carbonyl (C=O) groups is 1. The summed E-state index contributed by atoms with van der Waals surface area (Å²) in [6.45, 7) is 1.40. The van der Waals surface area contributed by atoms with Gasteiger partial charge in [0.15, 0.2) is 5.69 Å². The fraction of sp³-hybridized carbons (Fsp3) is 0.150. The first-order chi connectivity index (χ1) is 14.7. The summed E-state index contributed by atoms with van der Waals surface area (Å²) in [5, 5.41) is 11.3. The number of H-pyrrole nitrogens is 1. The minimum Gasteiger partial charge on any atom is -0.383 e. The van der Waals surface area contributed by atoms with Gasteiger partial charge in [0.1, 0.15) is 17.2 Å². The number of amides is 1. The van der Waals surface area contributed by atoms with Gasteiger partial charge in [-0.1, -0.05) is 30.3 Å². The second-order valence-corrected chi connectivity index (χ2v) is 6.53. The average Bonchev–Trinajstić information content (AvgIpc) is 2.74. The van der Waals surface area contributed by atoms with Crippen molar-refractivity contribution in [2.45, 2.75) is 13.5 Å². The van der Waals surface area contributed by atoms with Crippen molar-refractivity contribution >= 4 is 23.1 Å². The maximum absolute atomic E-state index is 13.7. The molecule has 0 unspecified atom stereocenters. The van der Waals surface area contributed by atoms with Gasteiger partial charge in [-0.15, -0.1) is 0 Å². The summed E-state index contributed by atoms with van der Waals surface area (Å²) in [6.07, 6.45) is 0. The lowest BCUT2D eigenvalue weighted by Gasteiger charge is -2.23. The number of nitrogens with one attached hydrogen (secondary N) is 1. The van der Waals surface area contributed by atoms with Gasteiger partial charge >= 0.3 is 5.69 Å². The van der Waals surface area contributed by atoms with Gasteiger partial charge in [0.2, 0.25) is 0 Å². The van der Waals surface area contributed by atoms with Crippen LogP contribution in [0.1, 0.15) is 22.8 Å². The van der Waals surface area contributed by atoms with Crippen molar-refractivity contribution in [1.82, 2.24) is 9.55 Å². The van der Waals surface area contributed by atoms with Crippen molar-refractivity contribution in [3.63, 3.8) is 0 Å². The monoisotopic (exact) mass is 427 g/mol. The number of hydrogen-bond donors (Lipinski definition) is 2. The number of hydrogen-bond acceptors (Lipinski definition) is 6. The number of nitro groups is 1. The van der Waals surface area contributed by atoms with Crippen molar-refractivity contribution in [2.24, 2.45) is 0 Å². The Morgan fingerprint density at radius 2 is 1.90 bits per heavy atom. The number of carbonyl (C=O) groups excluding carboxylic acids is 1. The number of aromatic amines is 1. The quantitative estimate of drug-likeness (QED) is 0.454. The molecule has 10 nitrogen and oxygen atoms in total. The highest BCUT2D eigenvalue weighted by atomic mass is 19.1. The Hall–Kier alpha value is -4.28. The van der Waals surface area contributed by atoms with Crippen molar-refractivity contribution < 1.29 is 14.1 Å². The molecule has 0 aliphatic rings. The molecular weight excluding hydrogens is 409 g/mol. The van der Waals surface area contributed by atoms with Gasteiger partial charge in [-0.3, -0.25) is 29.3 Å². The SMILES string of the molecule is CCN(C(=O)c1cc(F)ccc1[N+](=O)[O-])c1c(N)n(Cc2ccccc2)c(=O)[nH]c1=O.